The summed E-state index contributed by atoms with van der Waals surface area (Å²) >= 11 is 0. The number of anilines is 1. The van der Waals surface area contributed by atoms with Gasteiger partial charge in [0.2, 0.25) is 0 Å². The normalized spacial score (nSPS) is 12.1. The summed E-state index contributed by atoms with van der Waals surface area (Å²) in [7, 11) is 1.83. The number of aromatic amines is 1. The fraction of sp³-hybridized carbons (Fsp3) is 0.545. The number of hydrogen-bond donors (Lipinski definition) is 2. The van der Waals surface area contributed by atoms with Gasteiger partial charge in [-0.2, -0.15) is 5.10 Å². The first kappa shape index (κ1) is 12.6. The van der Waals surface area contributed by atoms with Crippen molar-refractivity contribution < 1.29 is 5.11 Å². The molecule has 0 amide bonds. The third-order valence-electron chi connectivity index (χ3n) is 2.57. The van der Waals surface area contributed by atoms with Crippen LogP contribution in [0.5, 0.6) is 0 Å². The van der Waals surface area contributed by atoms with E-state index in [1.807, 2.05) is 11.9 Å². The van der Waals surface area contributed by atoms with Crippen LogP contribution in [0.4, 0.5) is 5.82 Å². The van der Waals surface area contributed by atoms with Gasteiger partial charge in [-0.1, -0.05) is 0 Å². The van der Waals surface area contributed by atoms with Crippen molar-refractivity contribution in [1.82, 2.24) is 19.6 Å². The van der Waals surface area contributed by atoms with Crippen LogP contribution in [0.2, 0.25) is 0 Å². The van der Waals surface area contributed by atoms with Crippen LogP contribution in [0.15, 0.2) is 10.9 Å². The minimum Gasteiger partial charge on any atom is -0.389 e. The van der Waals surface area contributed by atoms with Crippen LogP contribution in [0.3, 0.4) is 0 Å². The van der Waals surface area contributed by atoms with Gasteiger partial charge in [0, 0.05) is 19.7 Å². The average molecular weight is 251 g/mol. The molecule has 2 N–H and O–H groups in total. The molecule has 7 nitrogen and oxygen atoms in total. The first-order valence-electron chi connectivity index (χ1n) is 5.66. The number of hydrogen-bond acceptors (Lipinski definition) is 5. The topological polar surface area (TPSA) is 86.5 Å². The smallest absolute Gasteiger partial charge is 0.349 e. The van der Waals surface area contributed by atoms with E-state index in [0.717, 1.165) is 0 Å². The molecule has 0 saturated heterocycles. The molecule has 0 unspecified atom stereocenters. The Morgan fingerprint density at radius 1 is 1.56 bits per heavy atom. The number of nitrogens with zero attached hydrogens (tertiary/aromatic N) is 4. The molecule has 2 aromatic rings. The predicted molar refractivity (Wildman–Crippen MR) is 67.9 cm³/mol. The number of aryl methyl sites for hydroxylation is 1. The van der Waals surface area contributed by atoms with Crippen LogP contribution in [-0.2, 0) is 0 Å². The Morgan fingerprint density at radius 3 is 2.83 bits per heavy atom. The number of fused-ring (bicyclic) bond motifs is 1. The summed E-state index contributed by atoms with van der Waals surface area (Å²) in [6.07, 6.45) is 0. The third-order valence-corrected chi connectivity index (χ3v) is 2.57. The SMILES string of the molecule is Cc1nc(N(C)CC(C)(C)O)cc2n[nH]c(=O)n12. The zero-order valence-electron chi connectivity index (χ0n) is 10.9. The number of aliphatic hydroxyl groups is 1. The maximum atomic E-state index is 11.5. The van der Waals surface area contributed by atoms with Crippen LogP contribution < -0.4 is 10.6 Å². The maximum Gasteiger partial charge on any atom is 0.349 e. The molecule has 0 fully saturated rings. The Labute approximate surface area is 104 Å². The van der Waals surface area contributed by atoms with E-state index in [2.05, 4.69) is 15.2 Å². The minimum atomic E-state index is -0.818. The van der Waals surface area contributed by atoms with E-state index < -0.39 is 5.60 Å². The molecule has 2 rings (SSSR count). The third kappa shape index (κ3) is 2.35. The van der Waals surface area contributed by atoms with Crippen molar-refractivity contribution in [2.75, 3.05) is 18.5 Å². The van der Waals surface area contributed by atoms with Gasteiger partial charge in [0.05, 0.1) is 5.60 Å². The molecule has 7 heteroatoms. The highest BCUT2D eigenvalue weighted by molar-refractivity contribution is 5.51. The second-order valence-electron chi connectivity index (χ2n) is 5.05. The van der Waals surface area contributed by atoms with Gasteiger partial charge in [-0.15, -0.1) is 0 Å². The van der Waals surface area contributed by atoms with Crippen molar-refractivity contribution in [3.63, 3.8) is 0 Å². The first-order chi connectivity index (χ1) is 8.28. The molecule has 0 aliphatic rings. The van der Waals surface area contributed by atoms with Crippen molar-refractivity contribution in [3.05, 3.63) is 22.4 Å². The molecular formula is C11H17N5O2. The van der Waals surface area contributed by atoms with Crippen LogP contribution >= 0.6 is 0 Å². The molecule has 0 radical (unpaired) electrons. The molecule has 0 aromatic carbocycles. The Hall–Kier alpha value is -1.89. The van der Waals surface area contributed by atoms with E-state index in [-0.39, 0.29) is 5.69 Å². The van der Waals surface area contributed by atoms with Gasteiger partial charge >= 0.3 is 5.69 Å². The summed E-state index contributed by atoms with van der Waals surface area (Å²) in [5.74, 6) is 1.23. The van der Waals surface area contributed by atoms with Gasteiger partial charge in [0.15, 0.2) is 5.65 Å². The summed E-state index contributed by atoms with van der Waals surface area (Å²) in [6, 6.07) is 1.70. The molecule has 0 saturated carbocycles. The predicted octanol–water partition coefficient (Wildman–Crippen LogP) is -0.0669. The number of aromatic nitrogens is 4. The Kier molecular flexibility index (Phi) is 2.86. The lowest BCUT2D eigenvalue weighted by atomic mass is 10.1. The highest BCUT2D eigenvalue weighted by Gasteiger charge is 2.18. The van der Waals surface area contributed by atoms with Gasteiger partial charge in [-0.05, 0) is 20.8 Å². The van der Waals surface area contributed by atoms with Crippen molar-refractivity contribution in [2.45, 2.75) is 26.4 Å². The van der Waals surface area contributed by atoms with E-state index >= 15 is 0 Å². The first-order valence-corrected chi connectivity index (χ1v) is 5.66. The molecule has 18 heavy (non-hydrogen) atoms. The van der Waals surface area contributed by atoms with Crippen molar-refractivity contribution in [1.29, 1.82) is 0 Å². The van der Waals surface area contributed by atoms with E-state index in [9.17, 15) is 9.90 Å². The number of nitrogens with one attached hydrogen (secondary N) is 1. The van der Waals surface area contributed by atoms with Crippen molar-refractivity contribution in [3.8, 4) is 0 Å². The lowest BCUT2D eigenvalue weighted by Crippen LogP contribution is -2.36. The second kappa shape index (κ2) is 4.09. The van der Waals surface area contributed by atoms with Crippen LogP contribution in [0.25, 0.3) is 5.65 Å². The van der Waals surface area contributed by atoms with E-state index in [1.54, 1.807) is 26.8 Å². The lowest BCUT2D eigenvalue weighted by Gasteiger charge is -2.26. The van der Waals surface area contributed by atoms with Crippen molar-refractivity contribution >= 4 is 11.5 Å². The Morgan fingerprint density at radius 2 is 2.22 bits per heavy atom. The molecule has 2 aromatic heterocycles. The molecule has 0 bridgehead atoms. The molecule has 0 atom stereocenters. The van der Waals surface area contributed by atoms with Crippen molar-refractivity contribution in [2.24, 2.45) is 0 Å². The summed E-state index contributed by atoms with van der Waals surface area (Å²) in [5.41, 5.74) is -0.599. The Balaban J connectivity index is 2.44. The molecule has 2 heterocycles. The summed E-state index contributed by atoms with van der Waals surface area (Å²) in [4.78, 5) is 17.6. The van der Waals surface area contributed by atoms with Gasteiger partial charge in [-0.25, -0.2) is 19.3 Å². The standard InChI is InChI=1S/C11H17N5O2/c1-7-12-8(15(4)6-11(2,3)18)5-9-13-14-10(17)16(7)9/h5,18H,6H2,1-4H3,(H,14,17). The van der Waals surface area contributed by atoms with Gasteiger partial charge in [0.25, 0.3) is 0 Å². The van der Waals surface area contributed by atoms with Crippen LogP contribution in [-0.4, -0.2) is 43.9 Å². The van der Waals surface area contributed by atoms with Crippen LogP contribution in [0.1, 0.15) is 19.7 Å². The largest absolute Gasteiger partial charge is 0.389 e. The number of rotatable bonds is 3. The van der Waals surface area contributed by atoms with E-state index in [0.29, 0.717) is 23.8 Å². The number of H-pyrrole nitrogens is 1. The lowest BCUT2D eigenvalue weighted by molar-refractivity contribution is 0.0884. The van der Waals surface area contributed by atoms with Gasteiger partial charge in [-0.3, -0.25) is 0 Å². The van der Waals surface area contributed by atoms with E-state index in [4.69, 9.17) is 0 Å². The molecule has 98 valence electrons. The highest BCUT2D eigenvalue weighted by atomic mass is 16.3. The second-order valence-corrected chi connectivity index (χ2v) is 5.05. The summed E-state index contributed by atoms with van der Waals surface area (Å²) in [5, 5.41) is 16.1. The zero-order chi connectivity index (χ0) is 13.5. The monoisotopic (exact) mass is 251 g/mol. The fourth-order valence-corrected chi connectivity index (χ4v) is 1.94. The molecule has 0 aliphatic carbocycles. The molecule has 0 spiro atoms. The fourth-order valence-electron chi connectivity index (χ4n) is 1.94. The highest BCUT2D eigenvalue weighted by Crippen LogP contribution is 2.14. The van der Waals surface area contributed by atoms with Crippen LogP contribution in [0, 0.1) is 6.92 Å². The van der Waals surface area contributed by atoms with E-state index in [1.165, 1.54) is 4.40 Å². The average Bonchev–Trinajstić information content (AvgIpc) is 2.58. The quantitative estimate of drug-likeness (QED) is 0.797. The number of likely N-dealkylation sites (N-methyl/N-ethyl adjacent to an activating group) is 1. The minimum absolute atomic E-state index is 0.299. The maximum absolute atomic E-state index is 11.5. The van der Waals surface area contributed by atoms with Gasteiger partial charge < -0.3 is 10.0 Å². The summed E-state index contributed by atoms with van der Waals surface area (Å²) in [6.45, 7) is 5.64. The summed E-state index contributed by atoms with van der Waals surface area (Å²) < 4.78 is 1.40. The molecule has 0 aliphatic heterocycles. The zero-order valence-corrected chi connectivity index (χ0v) is 10.9. The van der Waals surface area contributed by atoms with Gasteiger partial charge in [0.1, 0.15) is 11.6 Å². The Bertz CT molecular complexity index is 622. The molecular weight excluding hydrogens is 234 g/mol.